The second kappa shape index (κ2) is 8.30. The van der Waals surface area contributed by atoms with E-state index in [0.29, 0.717) is 23.2 Å². The van der Waals surface area contributed by atoms with Gasteiger partial charge in [-0.25, -0.2) is 18.4 Å². The van der Waals surface area contributed by atoms with Crippen molar-refractivity contribution in [3.63, 3.8) is 0 Å². The zero-order valence-corrected chi connectivity index (χ0v) is 19.0. The van der Waals surface area contributed by atoms with E-state index in [-0.39, 0.29) is 15.6 Å². The molecule has 0 saturated heterocycles. The fraction of sp³-hybridized carbons (Fsp3) is 0.333. The van der Waals surface area contributed by atoms with Gasteiger partial charge < -0.3 is 10.3 Å². The molecule has 0 radical (unpaired) electrons. The number of nitrogens with two attached hydrogens (primary N) is 1. The molecule has 0 unspecified atom stereocenters. The molecule has 0 fully saturated rings. The highest BCUT2D eigenvalue weighted by Crippen LogP contribution is 2.36. The first kappa shape index (κ1) is 21.3. The molecule has 2 heterocycles. The molecule has 0 aliphatic heterocycles. The quantitative estimate of drug-likeness (QED) is 0.402. The topological polar surface area (TPSA) is 90.9 Å². The van der Waals surface area contributed by atoms with Gasteiger partial charge in [0.05, 0.1) is 15.9 Å². The molecule has 0 aliphatic carbocycles. The van der Waals surface area contributed by atoms with E-state index in [4.69, 9.17) is 15.7 Å². The molecule has 4 aromatic rings. The van der Waals surface area contributed by atoms with Crippen LogP contribution in [0.5, 0.6) is 0 Å². The Kier molecular flexibility index (Phi) is 5.71. The minimum atomic E-state index is -3.87. The van der Waals surface area contributed by atoms with Crippen LogP contribution in [-0.2, 0) is 16.4 Å². The fourth-order valence-corrected chi connectivity index (χ4v) is 5.47. The van der Waals surface area contributed by atoms with Gasteiger partial charge in [0.25, 0.3) is 0 Å². The Bertz CT molecular complexity index is 1370. The molecule has 0 bridgehead atoms. The number of hydrogen-bond acceptors (Lipinski definition) is 5. The Hall–Kier alpha value is -2.93. The first-order valence-electron chi connectivity index (χ1n) is 10.7. The average Bonchev–Trinajstić information content (AvgIpc) is 3.02. The van der Waals surface area contributed by atoms with Crippen LogP contribution >= 0.6 is 0 Å². The van der Waals surface area contributed by atoms with Crippen molar-refractivity contribution in [1.82, 2.24) is 14.5 Å². The molecule has 2 N–H and O–H groups in total. The lowest BCUT2D eigenvalue weighted by Gasteiger charge is -2.09. The standard InChI is InChI=1S/C24H28N4O2S/c1-4-5-6-9-14-28-23(25)22(31(29,30)18-13-12-16(2)17(3)15-18)21-24(28)27-20-11-8-7-10-19(20)26-21/h7-8,10-13,15H,4-6,9,14,25H2,1-3H3. The van der Waals surface area contributed by atoms with E-state index in [2.05, 4.69) is 6.92 Å². The normalized spacial score (nSPS) is 12.1. The highest BCUT2D eigenvalue weighted by atomic mass is 32.2. The maximum absolute atomic E-state index is 13.7. The lowest BCUT2D eigenvalue weighted by molar-refractivity contribution is 0.589. The van der Waals surface area contributed by atoms with Crippen molar-refractivity contribution >= 4 is 37.9 Å². The third-order valence-electron chi connectivity index (χ3n) is 5.84. The van der Waals surface area contributed by atoms with Gasteiger partial charge in [0.15, 0.2) is 5.65 Å². The summed E-state index contributed by atoms with van der Waals surface area (Å²) in [5.41, 5.74) is 10.7. The smallest absolute Gasteiger partial charge is 0.212 e. The number of aromatic nitrogens is 3. The van der Waals surface area contributed by atoms with Crippen LogP contribution in [0.4, 0.5) is 5.82 Å². The van der Waals surface area contributed by atoms with Crippen LogP contribution in [0.25, 0.3) is 22.2 Å². The van der Waals surface area contributed by atoms with E-state index in [1.807, 2.05) is 48.7 Å². The van der Waals surface area contributed by atoms with Gasteiger partial charge in [0.1, 0.15) is 16.2 Å². The van der Waals surface area contributed by atoms with Gasteiger partial charge in [0, 0.05) is 6.54 Å². The summed E-state index contributed by atoms with van der Waals surface area (Å²) in [5.74, 6) is 0.208. The van der Waals surface area contributed by atoms with Crippen molar-refractivity contribution in [3.05, 3.63) is 53.6 Å². The molecule has 0 saturated carbocycles. The number of hydrogen-bond donors (Lipinski definition) is 1. The van der Waals surface area contributed by atoms with Crippen LogP contribution in [0.15, 0.2) is 52.3 Å². The van der Waals surface area contributed by atoms with Crippen molar-refractivity contribution in [2.45, 2.75) is 62.8 Å². The minimum absolute atomic E-state index is 0.0551. The number of nitrogen functional groups attached to an aromatic ring is 1. The van der Waals surface area contributed by atoms with Crippen LogP contribution in [0.3, 0.4) is 0 Å². The minimum Gasteiger partial charge on any atom is -0.384 e. The zero-order valence-electron chi connectivity index (χ0n) is 18.2. The van der Waals surface area contributed by atoms with Crippen molar-refractivity contribution in [3.8, 4) is 0 Å². The van der Waals surface area contributed by atoms with Gasteiger partial charge >= 0.3 is 0 Å². The number of unbranched alkanes of at least 4 members (excludes halogenated alkanes) is 3. The molecule has 0 atom stereocenters. The molecule has 0 amide bonds. The van der Waals surface area contributed by atoms with E-state index in [1.54, 1.807) is 12.1 Å². The number of fused-ring (bicyclic) bond motifs is 2. The molecule has 6 nitrogen and oxygen atoms in total. The van der Waals surface area contributed by atoms with Crippen LogP contribution in [0.2, 0.25) is 0 Å². The molecule has 7 heteroatoms. The fourth-order valence-electron chi connectivity index (χ4n) is 3.88. The molecule has 31 heavy (non-hydrogen) atoms. The molecular formula is C24H28N4O2S. The van der Waals surface area contributed by atoms with E-state index >= 15 is 0 Å². The zero-order chi connectivity index (χ0) is 22.2. The number of nitrogens with zero attached hydrogens (tertiary/aromatic N) is 3. The number of rotatable bonds is 7. The summed E-state index contributed by atoms with van der Waals surface area (Å²) in [6.45, 7) is 6.63. The third-order valence-corrected chi connectivity index (χ3v) is 7.65. The van der Waals surface area contributed by atoms with Crippen LogP contribution in [0.1, 0.15) is 43.7 Å². The highest BCUT2D eigenvalue weighted by molar-refractivity contribution is 7.92. The number of sulfone groups is 1. The average molecular weight is 437 g/mol. The second-order valence-electron chi connectivity index (χ2n) is 8.06. The SMILES string of the molecule is CCCCCCn1c(N)c(S(=O)(=O)c2ccc(C)c(C)c2)c2nc3ccccc3nc21. The summed E-state index contributed by atoms with van der Waals surface area (Å²) in [5, 5.41) is 0. The molecular weight excluding hydrogens is 408 g/mol. The molecule has 0 spiro atoms. The predicted octanol–water partition coefficient (Wildman–Crippen LogP) is 5.20. The molecule has 0 aliphatic rings. The van der Waals surface area contributed by atoms with Gasteiger partial charge in [0.2, 0.25) is 9.84 Å². The Morgan fingerprint density at radius 3 is 2.32 bits per heavy atom. The van der Waals surface area contributed by atoms with Gasteiger partial charge in [-0.05, 0) is 55.7 Å². The largest absolute Gasteiger partial charge is 0.384 e. The number of anilines is 1. The van der Waals surface area contributed by atoms with E-state index < -0.39 is 9.84 Å². The van der Waals surface area contributed by atoms with Crippen molar-refractivity contribution in [2.24, 2.45) is 0 Å². The Morgan fingerprint density at radius 1 is 0.935 bits per heavy atom. The Labute approximate surface area is 183 Å². The maximum atomic E-state index is 13.7. The van der Waals surface area contributed by atoms with Crippen molar-refractivity contribution in [2.75, 3.05) is 5.73 Å². The summed E-state index contributed by atoms with van der Waals surface area (Å²) in [7, 11) is -3.87. The van der Waals surface area contributed by atoms with Crippen LogP contribution < -0.4 is 5.73 Å². The van der Waals surface area contributed by atoms with Crippen LogP contribution in [0, 0.1) is 13.8 Å². The van der Waals surface area contributed by atoms with Gasteiger partial charge in [-0.15, -0.1) is 0 Å². The summed E-state index contributed by atoms with van der Waals surface area (Å²) >= 11 is 0. The summed E-state index contributed by atoms with van der Waals surface area (Å²) in [6, 6.07) is 12.6. The Morgan fingerprint density at radius 2 is 1.65 bits per heavy atom. The maximum Gasteiger partial charge on any atom is 0.212 e. The highest BCUT2D eigenvalue weighted by Gasteiger charge is 2.30. The molecule has 2 aromatic heterocycles. The first-order chi connectivity index (χ1) is 14.8. The van der Waals surface area contributed by atoms with E-state index in [1.165, 1.54) is 0 Å². The van der Waals surface area contributed by atoms with Gasteiger partial charge in [-0.2, -0.15) is 0 Å². The van der Waals surface area contributed by atoms with Crippen LogP contribution in [-0.4, -0.2) is 23.0 Å². The van der Waals surface area contributed by atoms with E-state index in [0.717, 1.165) is 42.3 Å². The first-order valence-corrected chi connectivity index (χ1v) is 12.2. The summed E-state index contributed by atoms with van der Waals surface area (Å²) < 4.78 is 29.2. The molecule has 162 valence electrons. The predicted molar refractivity (Wildman–Crippen MR) is 125 cm³/mol. The summed E-state index contributed by atoms with van der Waals surface area (Å²) in [6.07, 6.45) is 4.20. The van der Waals surface area contributed by atoms with Gasteiger partial charge in [-0.1, -0.05) is 44.4 Å². The second-order valence-corrected chi connectivity index (χ2v) is 9.95. The molecule has 4 rings (SSSR count). The lowest BCUT2D eigenvalue weighted by Crippen LogP contribution is -2.09. The summed E-state index contributed by atoms with van der Waals surface area (Å²) in [4.78, 5) is 9.73. The van der Waals surface area contributed by atoms with E-state index in [9.17, 15) is 8.42 Å². The number of benzene rings is 2. The monoisotopic (exact) mass is 436 g/mol. The van der Waals surface area contributed by atoms with Crippen molar-refractivity contribution < 1.29 is 8.42 Å². The number of para-hydroxylation sites is 2. The third kappa shape index (κ3) is 3.78. The Balaban J connectivity index is 1.96. The van der Waals surface area contributed by atoms with Crippen molar-refractivity contribution in [1.29, 1.82) is 0 Å². The molecule has 2 aromatic carbocycles. The van der Waals surface area contributed by atoms with Gasteiger partial charge in [-0.3, -0.25) is 0 Å². The lowest BCUT2D eigenvalue weighted by atomic mass is 10.1. The number of aryl methyl sites for hydroxylation is 3.